The van der Waals surface area contributed by atoms with Gasteiger partial charge >= 0.3 is 0 Å². The van der Waals surface area contributed by atoms with Crippen molar-refractivity contribution in [3.05, 3.63) is 54.1 Å². The molecular weight excluding hydrogens is 335 g/mol. The van der Waals surface area contributed by atoms with Gasteiger partial charge in [-0.2, -0.15) is 0 Å². The van der Waals surface area contributed by atoms with Crippen molar-refractivity contribution in [2.24, 2.45) is 5.73 Å². The van der Waals surface area contributed by atoms with E-state index in [4.69, 9.17) is 10.8 Å². The van der Waals surface area contributed by atoms with E-state index in [1.54, 1.807) is 38.5 Å². The topological polar surface area (TPSA) is 96.2 Å². The average molecular weight is 362 g/mol. The Kier molecular flexibility index (Phi) is 9.74. The van der Waals surface area contributed by atoms with E-state index in [-0.39, 0.29) is 11.6 Å². The highest BCUT2D eigenvalue weighted by atomic mass is 19.1. The van der Waals surface area contributed by atoms with Crippen LogP contribution in [0.5, 0.6) is 5.75 Å². The molecule has 6 nitrogen and oxygen atoms in total. The fourth-order valence-electron chi connectivity index (χ4n) is 2.13. The molecule has 0 amide bonds. The predicted octanol–water partition coefficient (Wildman–Crippen LogP) is 3.29. The number of nitrogens with zero attached hydrogens (tertiary/aromatic N) is 1. The van der Waals surface area contributed by atoms with Gasteiger partial charge in [0.05, 0.1) is 6.20 Å². The van der Waals surface area contributed by atoms with Crippen LogP contribution in [0.25, 0.3) is 10.9 Å². The van der Waals surface area contributed by atoms with Gasteiger partial charge in [0.2, 0.25) is 0 Å². The van der Waals surface area contributed by atoms with Crippen molar-refractivity contribution < 1.29 is 14.2 Å². The number of aromatic nitrogens is 2. The zero-order valence-corrected chi connectivity index (χ0v) is 15.4. The number of nitrogens with two attached hydrogens (primary N) is 1. The highest BCUT2D eigenvalue weighted by Crippen LogP contribution is 2.19. The van der Waals surface area contributed by atoms with Gasteiger partial charge in [0.1, 0.15) is 17.4 Å². The van der Waals surface area contributed by atoms with Gasteiger partial charge in [0.25, 0.3) is 0 Å². The van der Waals surface area contributed by atoms with Crippen LogP contribution in [0.4, 0.5) is 10.2 Å². The van der Waals surface area contributed by atoms with E-state index >= 15 is 0 Å². The van der Waals surface area contributed by atoms with Gasteiger partial charge in [-0.15, -0.1) is 0 Å². The molecule has 0 fully saturated rings. The molecule has 0 unspecified atom stereocenters. The van der Waals surface area contributed by atoms with Gasteiger partial charge in [-0.05, 0) is 42.3 Å². The Morgan fingerprint density at radius 2 is 2.00 bits per heavy atom. The molecule has 142 valence electrons. The molecule has 0 aliphatic rings. The number of nitrogens with one attached hydrogen (secondary N) is 2. The van der Waals surface area contributed by atoms with Crippen LogP contribution in [0.15, 0.2) is 42.7 Å². The lowest BCUT2D eigenvalue weighted by atomic mass is 10.1. The number of hydrogen-bond acceptors (Lipinski definition) is 5. The highest BCUT2D eigenvalue weighted by Gasteiger charge is 2.01. The summed E-state index contributed by atoms with van der Waals surface area (Å²) in [5.41, 5.74) is 7.45. The van der Waals surface area contributed by atoms with Gasteiger partial charge < -0.3 is 25.9 Å². The summed E-state index contributed by atoms with van der Waals surface area (Å²) in [5, 5.41) is 12.8. The Labute approximate surface area is 153 Å². The van der Waals surface area contributed by atoms with Crippen LogP contribution in [0.3, 0.4) is 0 Å². The van der Waals surface area contributed by atoms with E-state index < -0.39 is 0 Å². The number of hydrogen-bond donors (Lipinski definition) is 4. The molecular formula is C19H27FN4O2. The molecule has 2 aromatic heterocycles. The monoisotopic (exact) mass is 362 g/mol. The van der Waals surface area contributed by atoms with Crippen LogP contribution >= 0.6 is 0 Å². The van der Waals surface area contributed by atoms with Gasteiger partial charge in [-0.1, -0.05) is 6.92 Å². The van der Waals surface area contributed by atoms with E-state index in [1.165, 1.54) is 17.8 Å². The number of pyridine rings is 1. The number of halogens is 1. The van der Waals surface area contributed by atoms with Crippen molar-refractivity contribution in [2.45, 2.75) is 13.3 Å². The van der Waals surface area contributed by atoms with E-state index in [2.05, 4.69) is 26.9 Å². The molecule has 2 heterocycles. The molecule has 26 heavy (non-hydrogen) atoms. The number of methoxy groups -OCH3 is 1. The zero-order valence-electron chi connectivity index (χ0n) is 15.4. The number of benzene rings is 1. The fraction of sp³-hybridized carbons (Fsp3) is 0.316. The SMILES string of the molecule is CCc1c[nH]c2ccc(F)cc12.COC.NCCNc1ccc(O)cn1. The van der Waals surface area contributed by atoms with Gasteiger partial charge in [-0.3, -0.25) is 0 Å². The summed E-state index contributed by atoms with van der Waals surface area (Å²) >= 11 is 0. The van der Waals surface area contributed by atoms with Gasteiger partial charge in [-0.25, -0.2) is 9.37 Å². The minimum atomic E-state index is -0.170. The summed E-state index contributed by atoms with van der Waals surface area (Å²) in [6.07, 6.45) is 4.26. The predicted molar refractivity (Wildman–Crippen MR) is 104 cm³/mol. The van der Waals surface area contributed by atoms with Gasteiger partial charge in [0.15, 0.2) is 0 Å². The number of aryl methyl sites for hydroxylation is 1. The van der Waals surface area contributed by atoms with Crippen LogP contribution in [-0.2, 0) is 11.2 Å². The maximum atomic E-state index is 12.8. The van der Waals surface area contributed by atoms with E-state index in [9.17, 15) is 4.39 Å². The molecule has 1 aromatic carbocycles. The molecule has 5 N–H and O–H groups in total. The molecule has 0 aliphatic heterocycles. The average Bonchev–Trinajstić information content (AvgIpc) is 3.04. The maximum Gasteiger partial charge on any atom is 0.134 e. The summed E-state index contributed by atoms with van der Waals surface area (Å²) < 4.78 is 17.1. The molecule has 0 radical (unpaired) electrons. The zero-order chi connectivity index (χ0) is 19.4. The quantitative estimate of drug-likeness (QED) is 0.571. The Hall–Kier alpha value is -2.64. The normalized spacial score (nSPS) is 9.73. The Morgan fingerprint density at radius 3 is 2.58 bits per heavy atom. The molecule has 0 atom stereocenters. The second kappa shape index (κ2) is 11.8. The first kappa shape index (κ1) is 21.4. The second-order valence-corrected chi connectivity index (χ2v) is 5.38. The summed E-state index contributed by atoms with van der Waals surface area (Å²) in [4.78, 5) is 7.00. The van der Waals surface area contributed by atoms with Crippen molar-refractivity contribution in [3.8, 4) is 5.75 Å². The lowest BCUT2D eigenvalue weighted by Crippen LogP contribution is -2.13. The van der Waals surface area contributed by atoms with Gasteiger partial charge in [0, 0.05) is 44.4 Å². The molecule has 0 aliphatic carbocycles. The van der Waals surface area contributed by atoms with E-state index in [1.807, 2.05) is 6.20 Å². The number of anilines is 1. The first-order valence-corrected chi connectivity index (χ1v) is 8.30. The Bertz CT molecular complexity index is 760. The first-order chi connectivity index (χ1) is 12.5. The minimum absolute atomic E-state index is 0.170. The Morgan fingerprint density at radius 1 is 1.27 bits per heavy atom. The smallest absolute Gasteiger partial charge is 0.134 e. The molecule has 0 saturated carbocycles. The van der Waals surface area contributed by atoms with Crippen LogP contribution in [0.2, 0.25) is 0 Å². The second-order valence-electron chi connectivity index (χ2n) is 5.38. The molecule has 3 aromatic rings. The van der Waals surface area contributed by atoms with Crippen molar-refractivity contribution in [1.29, 1.82) is 0 Å². The van der Waals surface area contributed by atoms with Crippen molar-refractivity contribution in [2.75, 3.05) is 32.6 Å². The number of rotatable bonds is 4. The summed E-state index contributed by atoms with van der Waals surface area (Å²) in [7, 11) is 3.25. The molecule has 0 spiro atoms. The fourth-order valence-corrected chi connectivity index (χ4v) is 2.13. The van der Waals surface area contributed by atoms with Crippen molar-refractivity contribution in [3.63, 3.8) is 0 Å². The van der Waals surface area contributed by atoms with Crippen LogP contribution in [0, 0.1) is 5.82 Å². The Balaban J connectivity index is 0.000000227. The third-order valence-electron chi connectivity index (χ3n) is 3.31. The van der Waals surface area contributed by atoms with E-state index in [0.717, 1.165) is 23.1 Å². The molecule has 7 heteroatoms. The molecule has 0 bridgehead atoms. The first-order valence-electron chi connectivity index (χ1n) is 8.30. The van der Waals surface area contributed by atoms with Crippen molar-refractivity contribution in [1.82, 2.24) is 9.97 Å². The lowest BCUT2D eigenvalue weighted by Gasteiger charge is -2.01. The van der Waals surface area contributed by atoms with Crippen LogP contribution < -0.4 is 11.1 Å². The van der Waals surface area contributed by atoms with Crippen LogP contribution in [0.1, 0.15) is 12.5 Å². The largest absolute Gasteiger partial charge is 0.506 e. The third kappa shape index (κ3) is 7.08. The van der Waals surface area contributed by atoms with E-state index in [0.29, 0.717) is 13.1 Å². The summed E-state index contributed by atoms with van der Waals surface area (Å²) in [6, 6.07) is 8.09. The summed E-state index contributed by atoms with van der Waals surface area (Å²) in [5.74, 6) is 0.730. The highest BCUT2D eigenvalue weighted by molar-refractivity contribution is 5.83. The summed E-state index contributed by atoms with van der Waals surface area (Å²) in [6.45, 7) is 3.33. The number of aromatic hydroxyl groups is 1. The number of ether oxygens (including phenoxy) is 1. The standard InChI is InChI=1S/C10H10FN.C7H11N3O.C2H6O/c1-2-7-6-12-10-4-3-8(11)5-9(7)10;8-3-4-9-7-2-1-6(11)5-10-7;1-3-2/h3-6,12H,2H2,1H3;1-2,5,11H,3-4,8H2,(H,9,10);1-2H3. The lowest BCUT2D eigenvalue weighted by molar-refractivity contribution is 0.277. The number of fused-ring (bicyclic) bond motifs is 1. The minimum Gasteiger partial charge on any atom is -0.506 e. The maximum absolute atomic E-state index is 12.8. The third-order valence-corrected chi connectivity index (χ3v) is 3.31. The number of aromatic amines is 1. The van der Waals surface area contributed by atoms with Crippen molar-refractivity contribution >= 4 is 16.7 Å². The molecule has 3 rings (SSSR count). The molecule has 0 saturated heterocycles. The van der Waals surface area contributed by atoms with Crippen LogP contribution in [-0.4, -0.2) is 42.4 Å². The number of H-pyrrole nitrogens is 1.